The van der Waals surface area contributed by atoms with Crippen molar-refractivity contribution in [1.82, 2.24) is 0 Å². The van der Waals surface area contributed by atoms with E-state index >= 15 is 0 Å². The lowest BCUT2D eigenvalue weighted by Crippen LogP contribution is -2.59. The van der Waals surface area contributed by atoms with Gasteiger partial charge in [-0.2, -0.15) is 0 Å². The molecule has 9 heteroatoms. The molecule has 0 aromatic heterocycles. The fourth-order valence-corrected chi connectivity index (χ4v) is 9.29. The molecule has 1 fully saturated rings. The van der Waals surface area contributed by atoms with Crippen LogP contribution in [0.25, 0.3) is 0 Å². The first-order valence-corrected chi connectivity index (χ1v) is 29.4. The van der Waals surface area contributed by atoms with Crippen LogP contribution in [0.15, 0.2) is 24.3 Å². The second-order valence-corrected chi connectivity index (χ2v) is 20.5. The lowest BCUT2D eigenvalue weighted by atomic mass is 9.99. The minimum Gasteiger partial charge on any atom is -0.457 e. The molecule has 6 unspecified atom stereocenters. The third kappa shape index (κ3) is 40.3. The highest BCUT2D eigenvalue weighted by Crippen LogP contribution is 2.23. The van der Waals surface area contributed by atoms with E-state index in [-0.39, 0.29) is 19.2 Å². The highest BCUT2D eigenvalue weighted by atomic mass is 16.7. The van der Waals surface area contributed by atoms with Crippen molar-refractivity contribution in [1.29, 1.82) is 0 Å². The first-order chi connectivity index (χ1) is 33.4. The Balaban J connectivity index is 2.13. The number of aliphatic hydroxyl groups is 4. The second-order valence-electron chi connectivity index (χ2n) is 20.5. The van der Waals surface area contributed by atoms with Crippen molar-refractivity contribution in [3.8, 4) is 0 Å². The Kier molecular flexibility index (Phi) is 48.1. The number of carbonyl (C=O) groups is 1. The van der Waals surface area contributed by atoms with Crippen LogP contribution in [-0.2, 0) is 23.7 Å². The van der Waals surface area contributed by atoms with Gasteiger partial charge in [-0.15, -0.1) is 0 Å². The monoisotopic (exact) mass is 965 g/mol. The number of aliphatic hydroxyl groups excluding tert-OH is 4. The normalized spacial score (nSPS) is 19.2. The summed E-state index contributed by atoms with van der Waals surface area (Å²) in [5, 5.41) is 40.4. The lowest BCUT2D eigenvalue weighted by molar-refractivity contribution is -0.305. The Morgan fingerprint density at radius 3 is 1.26 bits per heavy atom. The van der Waals surface area contributed by atoms with Crippen LogP contribution in [0, 0.1) is 0 Å². The summed E-state index contributed by atoms with van der Waals surface area (Å²) in [6, 6.07) is 0. The summed E-state index contributed by atoms with van der Waals surface area (Å²) >= 11 is 0. The predicted octanol–water partition coefficient (Wildman–Crippen LogP) is 15.3. The molecule has 0 spiro atoms. The summed E-state index contributed by atoms with van der Waals surface area (Å²) in [6.45, 7) is 4.62. The molecule has 68 heavy (non-hydrogen) atoms. The van der Waals surface area contributed by atoms with Crippen LogP contribution in [0.1, 0.15) is 284 Å². The van der Waals surface area contributed by atoms with E-state index in [4.69, 9.17) is 18.9 Å². The van der Waals surface area contributed by atoms with E-state index in [0.29, 0.717) is 13.0 Å². The minimum atomic E-state index is -1.53. The highest BCUT2D eigenvalue weighted by Gasteiger charge is 2.44. The first kappa shape index (κ1) is 64.7. The largest absolute Gasteiger partial charge is 0.457 e. The Hall–Kier alpha value is -1.33. The van der Waals surface area contributed by atoms with Crippen molar-refractivity contribution < 1.29 is 44.2 Å². The molecule has 9 nitrogen and oxygen atoms in total. The maximum absolute atomic E-state index is 12.9. The summed E-state index contributed by atoms with van der Waals surface area (Å²) in [5.41, 5.74) is 0. The van der Waals surface area contributed by atoms with E-state index in [1.807, 2.05) is 0 Å². The molecule has 0 bridgehead atoms. The van der Waals surface area contributed by atoms with Crippen molar-refractivity contribution >= 4 is 5.97 Å². The van der Waals surface area contributed by atoms with E-state index in [1.165, 1.54) is 225 Å². The molecule has 1 saturated heterocycles. The van der Waals surface area contributed by atoms with Crippen LogP contribution in [0.3, 0.4) is 0 Å². The van der Waals surface area contributed by atoms with Gasteiger partial charge in [0.2, 0.25) is 0 Å². The standard InChI is InChI=1S/C59H112O9/c1-3-5-7-9-11-13-15-17-19-21-23-25-26-27-28-29-30-32-34-36-38-40-42-44-46-48-55(61)67-53(52-66-59-58(64)57(63)56(62)54(50-60)68-59)51-65-49-47-45-43-41-39-37-35-33-31-24-22-20-18-16-14-12-10-8-6-4-2/h15,17,21,23,53-54,56-60,62-64H,3-14,16,18-20,22,24-52H2,1-2H3/b17-15-,23-21-. The molecule has 1 aliphatic heterocycles. The molecule has 6 atom stereocenters. The summed E-state index contributed by atoms with van der Waals surface area (Å²) < 4.78 is 23.0. The molecule has 402 valence electrons. The molecular weight excluding hydrogens is 853 g/mol. The van der Waals surface area contributed by atoms with Crippen molar-refractivity contribution in [2.75, 3.05) is 26.4 Å². The summed E-state index contributed by atoms with van der Waals surface area (Å²) in [5.74, 6) is -0.308. The second kappa shape index (κ2) is 50.6. The summed E-state index contributed by atoms with van der Waals surface area (Å²) in [6.07, 6.45) is 55.1. The number of rotatable bonds is 52. The van der Waals surface area contributed by atoms with Crippen molar-refractivity contribution in [2.24, 2.45) is 0 Å². The average Bonchev–Trinajstić information content (AvgIpc) is 3.34. The summed E-state index contributed by atoms with van der Waals surface area (Å²) in [7, 11) is 0. The molecule has 0 aromatic carbocycles. The van der Waals surface area contributed by atoms with Crippen molar-refractivity contribution in [2.45, 2.75) is 320 Å². The van der Waals surface area contributed by atoms with E-state index in [9.17, 15) is 25.2 Å². The predicted molar refractivity (Wildman–Crippen MR) is 284 cm³/mol. The Labute approximate surface area is 419 Å². The smallest absolute Gasteiger partial charge is 0.306 e. The maximum atomic E-state index is 12.9. The van der Waals surface area contributed by atoms with Gasteiger partial charge in [0.25, 0.3) is 0 Å². The van der Waals surface area contributed by atoms with Crippen molar-refractivity contribution in [3.63, 3.8) is 0 Å². The molecule has 0 aliphatic carbocycles. The van der Waals surface area contributed by atoms with E-state index in [2.05, 4.69) is 38.2 Å². The van der Waals surface area contributed by atoms with Gasteiger partial charge in [-0.25, -0.2) is 0 Å². The zero-order valence-electron chi connectivity index (χ0n) is 44.6. The maximum Gasteiger partial charge on any atom is 0.306 e. The molecular formula is C59H112O9. The number of hydrogen-bond acceptors (Lipinski definition) is 9. The number of unbranched alkanes of at least 4 members (excludes halogenated alkanes) is 37. The van der Waals surface area contributed by atoms with Gasteiger partial charge in [0, 0.05) is 13.0 Å². The minimum absolute atomic E-state index is 0.108. The molecule has 1 heterocycles. The van der Waals surface area contributed by atoms with Crippen LogP contribution in [0.2, 0.25) is 0 Å². The van der Waals surface area contributed by atoms with Gasteiger partial charge in [0.1, 0.15) is 30.5 Å². The van der Waals surface area contributed by atoms with E-state index < -0.39 is 43.4 Å². The van der Waals surface area contributed by atoms with E-state index in [0.717, 1.165) is 38.5 Å². The Morgan fingerprint density at radius 2 is 0.853 bits per heavy atom. The Morgan fingerprint density at radius 1 is 0.471 bits per heavy atom. The van der Waals surface area contributed by atoms with Gasteiger partial charge in [0.05, 0.1) is 19.8 Å². The first-order valence-electron chi connectivity index (χ1n) is 29.4. The fourth-order valence-electron chi connectivity index (χ4n) is 9.29. The number of hydrogen-bond donors (Lipinski definition) is 4. The third-order valence-electron chi connectivity index (χ3n) is 13.9. The van der Waals surface area contributed by atoms with Gasteiger partial charge in [-0.1, -0.05) is 256 Å². The van der Waals surface area contributed by atoms with Crippen LogP contribution in [0.4, 0.5) is 0 Å². The zero-order valence-corrected chi connectivity index (χ0v) is 44.6. The van der Waals surface area contributed by atoms with Gasteiger partial charge in [0.15, 0.2) is 6.29 Å². The van der Waals surface area contributed by atoms with E-state index in [1.54, 1.807) is 0 Å². The fraction of sp³-hybridized carbons (Fsp3) is 0.915. The summed E-state index contributed by atoms with van der Waals surface area (Å²) in [4.78, 5) is 12.9. The number of carbonyl (C=O) groups excluding carboxylic acids is 1. The average molecular weight is 966 g/mol. The molecule has 0 radical (unpaired) electrons. The topological polar surface area (TPSA) is 135 Å². The van der Waals surface area contributed by atoms with Crippen LogP contribution >= 0.6 is 0 Å². The number of esters is 1. The SMILES string of the molecule is CCCCCCC/C=C\C/C=C\CCCCCCCCCCCCCCCC(=O)OC(COCCCCCCCCCCCCCCCCCCCCCC)COC1OC(CO)C(O)C(O)C1O. The quantitative estimate of drug-likeness (QED) is 0.0267. The lowest BCUT2D eigenvalue weighted by Gasteiger charge is -2.39. The molecule has 0 aromatic rings. The van der Waals surface area contributed by atoms with Gasteiger partial charge in [-0.3, -0.25) is 4.79 Å². The molecule has 0 saturated carbocycles. The van der Waals surface area contributed by atoms with Crippen LogP contribution in [0.5, 0.6) is 0 Å². The highest BCUT2D eigenvalue weighted by molar-refractivity contribution is 5.69. The Bertz CT molecular complexity index is 1100. The number of ether oxygens (including phenoxy) is 4. The zero-order chi connectivity index (χ0) is 49.2. The molecule has 1 aliphatic rings. The van der Waals surface area contributed by atoms with Gasteiger partial charge >= 0.3 is 5.97 Å². The third-order valence-corrected chi connectivity index (χ3v) is 13.9. The molecule has 1 rings (SSSR count). The van der Waals surface area contributed by atoms with Crippen LogP contribution < -0.4 is 0 Å². The molecule has 0 amide bonds. The number of allylic oxidation sites excluding steroid dienone is 4. The molecule has 4 N–H and O–H groups in total. The van der Waals surface area contributed by atoms with Crippen LogP contribution in [-0.4, -0.2) is 89.6 Å². The van der Waals surface area contributed by atoms with Crippen molar-refractivity contribution in [3.05, 3.63) is 24.3 Å². The van der Waals surface area contributed by atoms with Gasteiger partial charge < -0.3 is 39.4 Å². The van der Waals surface area contributed by atoms with Gasteiger partial charge in [-0.05, 0) is 44.9 Å².